The van der Waals surface area contributed by atoms with Crippen molar-refractivity contribution in [3.05, 3.63) is 6.33 Å². The number of hydrogen-bond acceptors (Lipinski definition) is 6. The molecule has 1 unspecified atom stereocenters. The van der Waals surface area contributed by atoms with Crippen molar-refractivity contribution in [2.75, 3.05) is 24.6 Å². The number of nitrogens with zero attached hydrogens (tertiary/aromatic N) is 3. The maximum absolute atomic E-state index is 11.6. The van der Waals surface area contributed by atoms with Crippen LogP contribution in [0.1, 0.15) is 19.8 Å². The van der Waals surface area contributed by atoms with Crippen molar-refractivity contribution >= 4 is 22.6 Å². The summed E-state index contributed by atoms with van der Waals surface area (Å²) < 4.78 is 9.03. The van der Waals surface area contributed by atoms with Crippen LogP contribution in [0.3, 0.4) is 0 Å². The maximum Gasteiger partial charge on any atom is 0.310 e. The number of ether oxygens (including phenoxy) is 1. The van der Waals surface area contributed by atoms with E-state index >= 15 is 0 Å². The lowest BCUT2D eigenvalue weighted by atomic mass is 9.99. The van der Waals surface area contributed by atoms with Crippen molar-refractivity contribution in [3.8, 4) is 0 Å². The van der Waals surface area contributed by atoms with Gasteiger partial charge in [0, 0.05) is 24.6 Å². The van der Waals surface area contributed by atoms with Crippen LogP contribution in [0.2, 0.25) is 0 Å². The van der Waals surface area contributed by atoms with E-state index in [-0.39, 0.29) is 11.9 Å². The number of carbonyl (C=O) groups excluding carboxylic acids is 1. The SMILES string of the molecule is CCOC(=O)C1CCCN(c2ncns2)C1. The van der Waals surface area contributed by atoms with Gasteiger partial charge in [0.1, 0.15) is 6.33 Å². The quantitative estimate of drug-likeness (QED) is 0.747. The lowest BCUT2D eigenvalue weighted by Gasteiger charge is -2.30. The van der Waals surface area contributed by atoms with Gasteiger partial charge >= 0.3 is 5.97 Å². The molecular weight excluding hydrogens is 226 g/mol. The minimum absolute atomic E-state index is 0.0161. The van der Waals surface area contributed by atoms with E-state index in [1.807, 2.05) is 6.92 Å². The summed E-state index contributed by atoms with van der Waals surface area (Å²) in [4.78, 5) is 17.9. The molecule has 1 aliphatic rings. The zero-order valence-corrected chi connectivity index (χ0v) is 10.1. The second-order valence-electron chi connectivity index (χ2n) is 3.76. The Balaban J connectivity index is 1.96. The molecule has 16 heavy (non-hydrogen) atoms. The van der Waals surface area contributed by atoms with Gasteiger partial charge in [0.2, 0.25) is 5.13 Å². The zero-order valence-electron chi connectivity index (χ0n) is 9.26. The molecular formula is C10H15N3O2S. The molecule has 2 heterocycles. The molecule has 0 amide bonds. The van der Waals surface area contributed by atoms with E-state index in [4.69, 9.17) is 4.74 Å². The third-order valence-corrected chi connectivity index (χ3v) is 3.39. The number of carbonyl (C=O) groups is 1. The molecule has 1 aromatic heterocycles. The van der Waals surface area contributed by atoms with Crippen LogP contribution >= 0.6 is 11.5 Å². The first-order valence-electron chi connectivity index (χ1n) is 5.49. The summed E-state index contributed by atoms with van der Waals surface area (Å²) in [5.74, 6) is -0.102. The topological polar surface area (TPSA) is 55.3 Å². The minimum Gasteiger partial charge on any atom is -0.466 e. The smallest absolute Gasteiger partial charge is 0.310 e. The van der Waals surface area contributed by atoms with Crippen molar-refractivity contribution in [2.45, 2.75) is 19.8 Å². The van der Waals surface area contributed by atoms with Gasteiger partial charge in [-0.05, 0) is 19.8 Å². The normalized spacial score (nSPS) is 20.8. The average molecular weight is 241 g/mol. The van der Waals surface area contributed by atoms with Crippen LogP contribution < -0.4 is 4.90 Å². The van der Waals surface area contributed by atoms with Gasteiger partial charge in [-0.25, -0.2) is 4.98 Å². The predicted molar refractivity (Wildman–Crippen MR) is 61.5 cm³/mol. The van der Waals surface area contributed by atoms with E-state index in [0.29, 0.717) is 13.2 Å². The van der Waals surface area contributed by atoms with Gasteiger partial charge in [-0.15, -0.1) is 0 Å². The Hall–Kier alpha value is -1.17. The fourth-order valence-electron chi connectivity index (χ4n) is 1.91. The third-order valence-electron chi connectivity index (χ3n) is 2.66. The van der Waals surface area contributed by atoms with Gasteiger partial charge in [0.15, 0.2) is 0 Å². The highest BCUT2D eigenvalue weighted by Crippen LogP contribution is 2.24. The molecule has 0 aliphatic carbocycles. The summed E-state index contributed by atoms with van der Waals surface area (Å²) in [6.07, 6.45) is 3.46. The Morgan fingerprint density at radius 2 is 2.62 bits per heavy atom. The Bertz CT molecular complexity index is 342. The Kier molecular flexibility index (Phi) is 3.71. The highest BCUT2D eigenvalue weighted by Gasteiger charge is 2.27. The molecule has 0 saturated carbocycles. The molecule has 1 saturated heterocycles. The molecule has 0 N–H and O–H groups in total. The molecule has 0 aromatic carbocycles. The van der Waals surface area contributed by atoms with E-state index in [1.165, 1.54) is 11.5 Å². The molecule has 5 nitrogen and oxygen atoms in total. The number of esters is 1. The van der Waals surface area contributed by atoms with E-state index in [1.54, 1.807) is 6.33 Å². The summed E-state index contributed by atoms with van der Waals surface area (Å²) in [5, 5.41) is 0.897. The molecule has 0 bridgehead atoms. The third kappa shape index (κ3) is 2.49. The van der Waals surface area contributed by atoms with E-state index in [9.17, 15) is 4.79 Å². The largest absolute Gasteiger partial charge is 0.466 e. The molecule has 6 heteroatoms. The molecule has 1 aromatic rings. The molecule has 1 fully saturated rings. The summed E-state index contributed by atoms with van der Waals surface area (Å²) >= 11 is 1.37. The van der Waals surface area contributed by atoms with E-state index < -0.39 is 0 Å². The van der Waals surface area contributed by atoms with Gasteiger partial charge in [0.05, 0.1) is 12.5 Å². The number of anilines is 1. The van der Waals surface area contributed by atoms with E-state index in [2.05, 4.69) is 14.3 Å². The summed E-state index contributed by atoms with van der Waals surface area (Å²) in [6, 6.07) is 0. The van der Waals surface area contributed by atoms with Gasteiger partial charge in [-0.1, -0.05) is 0 Å². The summed E-state index contributed by atoms with van der Waals surface area (Å²) in [5.41, 5.74) is 0. The molecule has 88 valence electrons. The highest BCUT2D eigenvalue weighted by atomic mass is 32.1. The van der Waals surface area contributed by atoms with Gasteiger partial charge in [-0.3, -0.25) is 4.79 Å². The molecule has 1 atom stereocenters. The van der Waals surface area contributed by atoms with Crippen LogP contribution in [0.15, 0.2) is 6.33 Å². The number of aromatic nitrogens is 2. The van der Waals surface area contributed by atoms with Crippen molar-refractivity contribution in [3.63, 3.8) is 0 Å². The second-order valence-corrected chi connectivity index (χ2v) is 4.52. The predicted octanol–water partition coefficient (Wildman–Crippen LogP) is 1.32. The van der Waals surface area contributed by atoms with Crippen molar-refractivity contribution in [2.24, 2.45) is 5.92 Å². The maximum atomic E-state index is 11.6. The standard InChI is InChI=1S/C10H15N3O2S/c1-2-15-9(14)8-4-3-5-13(6-8)10-11-7-12-16-10/h7-8H,2-6H2,1H3. The van der Waals surface area contributed by atoms with Crippen molar-refractivity contribution < 1.29 is 9.53 Å². The van der Waals surface area contributed by atoms with Gasteiger partial charge in [0.25, 0.3) is 0 Å². The fourth-order valence-corrected chi connectivity index (χ4v) is 2.47. The lowest BCUT2D eigenvalue weighted by molar-refractivity contribution is -0.148. The van der Waals surface area contributed by atoms with Crippen LogP contribution in [-0.4, -0.2) is 35.0 Å². The fraction of sp³-hybridized carbons (Fsp3) is 0.700. The lowest BCUT2D eigenvalue weighted by Crippen LogP contribution is -2.39. The average Bonchev–Trinajstić information content (AvgIpc) is 2.83. The van der Waals surface area contributed by atoms with E-state index in [0.717, 1.165) is 24.5 Å². The number of piperidine rings is 1. The van der Waals surface area contributed by atoms with Crippen molar-refractivity contribution in [1.29, 1.82) is 0 Å². The first-order valence-corrected chi connectivity index (χ1v) is 6.27. The summed E-state index contributed by atoms with van der Waals surface area (Å²) in [6.45, 7) is 3.94. The molecule has 0 radical (unpaired) electrons. The Labute approximate surface area is 98.6 Å². The molecule has 1 aliphatic heterocycles. The summed E-state index contributed by atoms with van der Waals surface area (Å²) in [7, 11) is 0. The second kappa shape index (κ2) is 5.25. The monoisotopic (exact) mass is 241 g/mol. The zero-order chi connectivity index (χ0) is 11.4. The van der Waals surface area contributed by atoms with Gasteiger partial charge < -0.3 is 9.64 Å². The Morgan fingerprint density at radius 1 is 1.75 bits per heavy atom. The number of rotatable bonds is 3. The van der Waals surface area contributed by atoms with Crippen LogP contribution in [0.25, 0.3) is 0 Å². The highest BCUT2D eigenvalue weighted by molar-refractivity contribution is 7.09. The van der Waals surface area contributed by atoms with Crippen LogP contribution in [-0.2, 0) is 9.53 Å². The molecule has 0 spiro atoms. The van der Waals surface area contributed by atoms with Gasteiger partial charge in [-0.2, -0.15) is 4.37 Å². The first kappa shape index (κ1) is 11.3. The number of hydrogen-bond donors (Lipinski definition) is 0. The first-order chi connectivity index (χ1) is 7.81. The van der Waals surface area contributed by atoms with Crippen molar-refractivity contribution in [1.82, 2.24) is 9.36 Å². The Morgan fingerprint density at radius 3 is 3.31 bits per heavy atom. The minimum atomic E-state index is -0.0864. The van der Waals surface area contributed by atoms with Crippen LogP contribution in [0.5, 0.6) is 0 Å². The van der Waals surface area contributed by atoms with Crippen LogP contribution in [0, 0.1) is 5.92 Å². The van der Waals surface area contributed by atoms with Crippen LogP contribution in [0.4, 0.5) is 5.13 Å². The molecule has 2 rings (SSSR count).